The van der Waals surface area contributed by atoms with Gasteiger partial charge in [0.15, 0.2) is 15.5 Å². The van der Waals surface area contributed by atoms with Crippen LogP contribution in [0.25, 0.3) is 11.3 Å². The summed E-state index contributed by atoms with van der Waals surface area (Å²) in [4.78, 5) is 30.0. The Hall–Kier alpha value is -3.12. The zero-order valence-electron chi connectivity index (χ0n) is 22.2. The lowest BCUT2D eigenvalue weighted by atomic mass is 10.0. The lowest BCUT2D eigenvalue weighted by Crippen LogP contribution is -2.43. The topological polar surface area (TPSA) is 120 Å². The van der Waals surface area contributed by atoms with Gasteiger partial charge < -0.3 is 24.0 Å². The fraction of sp³-hybridized carbons (Fsp3) is 0.577. The number of rotatable bonds is 3. The maximum Gasteiger partial charge on any atom is 0.410 e. The molecule has 0 radical (unpaired) electrons. The summed E-state index contributed by atoms with van der Waals surface area (Å²) in [6.45, 7) is 8.01. The first-order chi connectivity index (χ1) is 18.0. The Morgan fingerprint density at radius 2 is 1.84 bits per heavy atom. The standard InChI is InChI=1S/C26H34N4O7S/c1-26(2,3)37-25(32)29-9-5-6-17(15-29)30-23-19-14-18(35-4)7-8-21(19)38(33,34)16-20(23)22(27-30)24(31)28-10-12-36-13-11-28/h7-8,14,17H,5-6,9-13,15-16H2,1-4H3. The Morgan fingerprint density at radius 1 is 1.11 bits per heavy atom. The molecule has 0 spiro atoms. The largest absolute Gasteiger partial charge is 0.497 e. The summed E-state index contributed by atoms with van der Waals surface area (Å²) >= 11 is 0. The van der Waals surface area contributed by atoms with Gasteiger partial charge in [0.25, 0.3) is 5.91 Å². The van der Waals surface area contributed by atoms with Crippen molar-refractivity contribution in [3.8, 4) is 17.0 Å². The number of carbonyl (C=O) groups excluding carboxylic acids is 2. The highest BCUT2D eigenvalue weighted by Gasteiger charge is 2.40. The van der Waals surface area contributed by atoms with Crippen molar-refractivity contribution in [2.45, 2.75) is 55.9 Å². The van der Waals surface area contributed by atoms with Crippen molar-refractivity contribution in [2.75, 3.05) is 46.5 Å². The van der Waals surface area contributed by atoms with Crippen LogP contribution in [0.1, 0.15) is 55.7 Å². The minimum Gasteiger partial charge on any atom is -0.497 e. The molecular formula is C26H34N4O7S. The summed E-state index contributed by atoms with van der Waals surface area (Å²) in [6, 6.07) is 4.57. The van der Waals surface area contributed by atoms with E-state index in [-0.39, 0.29) is 28.3 Å². The molecule has 0 saturated carbocycles. The van der Waals surface area contributed by atoms with Gasteiger partial charge in [0.1, 0.15) is 11.4 Å². The number of sulfone groups is 1. The average molecular weight is 547 g/mol. The molecule has 206 valence electrons. The number of hydrogen-bond acceptors (Lipinski definition) is 8. The van der Waals surface area contributed by atoms with Gasteiger partial charge in [-0.05, 0) is 51.8 Å². The number of ether oxygens (including phenoxy) is 3. The number of nitrogens with zero attached hydrogens (tertiary/aromatic N) is 4. The van der Waals surface area contributed by atoms with E-state index in [1.54, 1.807) is 32.7 Å². The Kier molecular flexibility index (Phi) is 6.89. The van der Waals surface area contributed by atoms with E-state index in [9.17, 15) is 18.0 Å². The number of hydrogen-bond donors (Lipinski definition) is 0. The lowest BCUT2D eigenvalue weighted by molar-refractivity contribution is 0.0166. The Balaban J connectivity index is 1.61. The third-order valence-electron chi connectivity index (χ3n) is 7.01. The highest BCUT2D eigenvalue weighted by Crippen LogP contribution is 2.43. The number of morpholine rings is 1. The van der Waals surface area contributed by atoms with Gasteiger partial charge in [0.2, 0.25) is 0 Å². The fourth-order valence-electron chi connectivity index (χ4n) is 5.25. The number of amides is 2. The van der Waals surface area contributed by atoms with E-state index < -0.39 is 21.5 Å². The van der Waals surface area contributed by atoms with Crippen LogP contribution in [0.4, 0.5) is 4.79 Å². The molecule has 1 atom stereocenters. The molecular weight excluding hydrogens is 512 g/mol. The van der Waals surface area contributed by atoms with Crippen LogP contribution in [-0.4, -0.2) is 92.1 Å². The lowest BCUT2D eigenvalue weighted by Gasteiger charge is -2.35. The first-order valence-corrected chi connectivity index (χ1v) is 14.5. The summed E-state index contributed by atoms with van der Waals surface area (Å²) in [5.41, 5.74) is 0.927. The second kappa shape index (κ2) is 9.88. The smallest absolute Gasteiger partial charge is 0.410 e. The fourth-order valence-corrected chi connectivity index (χ4v) is 6.83. The van der Waals surface area contributed by atoms with Crippen molar-refractivity contribution in [3.63, 3.8) is 0 Å². The summed E-state index contributed by atoms with van der Waals surface area (Å²) < 4.78 is 44.9. The molecule has 1 aromatic carbocycles. The highest BCUT2D eigenvalue weighted by atomic mass is 32.2. The number of benzene rings is 1. The van der Waals surface area contributed by atoms with Gasteiger partial charge in [-0.2, -0.15) is 5.10 Å². The van der Waals surface area contributed by atoms with Gasteiger partial charge in [-0.15, -0.1) is 0 Å². The quantitative estimate of drug-likeness (QED) is 0.576. The molecule has 2 fully saturated rings. The summed E-state index contributed by atoms with van der Waals surface area (Å²) in [5, 5.41) is 4.78. The third kappa shape index (κ3) is 4.98. The Morgan fingerprint density at radius 3 is 2.53 bits per heavy atom. The van der Waals surface area contributed by atoms with Gasteiger partial charge in [0.05, 0.1) is 42.7 Å². The van der Waals surface area contributed by atoms with Crippen molar-refractivity contribution in [1.82, 2.24) is 19.6 Å². The van der Waals surface area contributed by atoms with E-state index in [4.69, 9.17) is 19.3 Å². The van der Waals surface area contributed by atoms with Crippen molar-refractivity contribution >= 4 is 21.8 Å². The van der Waals surface area contributed by atoms with Gasteiger partial charge in [0, 0.05) is 37.3 Å². The molecule has 38 heavy (non-hydrogen) atoms. The molecule has 3 aliphatic rings. The van der Waals surface area contributed by atoms with E-state index in [1.807, 2.05) is 20.8 Å². The summed E-state index contributed by atoms with van der Waals surface area (Å²) in [5.74, 6) is -0.139. The van der Waals surface area contributed by atoms with Crippen molar-refractivity contribution in [3.05, 3.63) is 29.5 Å². The summed E-state index contributed by atoms with van der Waals surface area (Å²) in [7, 11) is -2.20. The highest BCUT2D eigenvalue weighted by molar-refractivity contribution is 7.90. The van der Waals surface area contributed by atoms with E-state index in [1.165, 1.54) is 7.11 Å². The van der Waals surface area contributed by atoms with E-state index in [2.05, 4.69) is 0 Å². The molecule has 0 bridgehead atoms. The number of piperidine rings is 1. The zero-order valence-corrected chi connectivity index (χ0v) is 23.0. The van der Waals surface area contributed by atoms with Gasteiger partial charge in [-0.1, -0.05) is 0 Å². The molecule has 1 unspecified atom stereocenters. The normalized spacial score (nSPS) is 20.9. The number of likely N-dealkylation sites (tertiary alicyclic amines) is 1. The van der Waals surface area contributed by atoms with Gasteiger partial charge in [-0.25, -0.2) is 13.2 Å². The molecule has 5 rings (SSSR count). The number of fused-ring (bicyclic) bond motifs is 3. The van der Waals surface area contributed by atoms with E-state index in [0.29, 0.717) is 74.8 Å². The zero-order chi connectivity index (χ0) is 27.2. The summed E-state index contributed by atoms with van der Waals surface area (Å²) in [6.07, 6.45) is 1.02. The van der Waals surface area contributed by atoms with Crippen LogP contribution in [0.3, 0.4) is 0 Å². The minimum absolute atomic E-state index is 0.133. The first-order valence-electron chi connectivity index (χ1n) is 12.9. The van der Waals surface area contributed by atoms with Crippen LogP contribution >= 0.6 is 0 Å². The first kappa shape index (κ1) is 26.5. The maximum atomic E-state index is 13.6. The molecule has 2 saturated heterocycles. The Bertz CT molecular complexity index is 1360. The van der Waals surface area contributed by atoms with Crippen LogP contribution in [0.15, 0.2) is 23.1 Å². The van der Waals surface area contributed by atoms with Gasteiger partial charge >= 0.3 is 6.09 Å². The predicted octanol–water partition coefficient (Wildman–Crippen LogP) is 2.89. The molecule has 11 nitrogen and oxygen atoms in total. The van der Waals surface area contributed by atoms with E-state index >= 15 is 0 Å². The van der Waals surface area contributed by atoms with Crippen LogP contribution in [-0.2, 0) is 25.1 Å². The number of aromatic nitrogens is 2. The van der Waals surface area contributed by atoms with E-state index in [0.717, 1.165) is 0 Å². The van der Waals surface area contributed by atoms with Crippen molar-refractivity contribution in [2.24, 2.45) is 0 Å². The molecule has 3 aliphatic heterocycles. The maximum absolute atomic E-state index is 13.6. The monoisotopic (exact) mass is 546 g/mol. The van der Waals surface area contributed by atoms with Crippen LogP contribution in [0, 0.1) is 0 Å². The average Bonchev–Trinajstić information content (AvgIpc) is 3.26. The SMILES string of the molecule is COc1ccc2c(c1)-c1c(c(C(=O)N3CCOCC3)nn1C1CCCN(C(=O)OC(C)(C)C)C1)CS2(=O)=O. The third-order valence-corrected chi connectivity index (χ3v) is 8.71. The number of carbonyl (C=O) groups is 2. The molecule has 4 heterocycles. The molecule has 2 aromatic rings. The molecule has 0 N–H and O–H groups in total. The molecule has 12 heteroatoms. The molecule has 1 aromatic heterocycles. The van der Waals surface area contributed by atoms with Gasteiger partial charge in [-0.3, -0.25) is 9.48 Å². The van der Waals surface area contributed by atoms with Crippen LogP contribution in [0.2, 0.25) is 0 Å². The molecule has 0 aliphatic carbocycles. The van der Waals surface area contributed by atoms with Crippen LogP contribution < -0.4 is 4.74 Å². The number of methoxy groups -OCH3 is 1. The Labute approximate surface area is 222 Å². The predicted molar refractivity (Wildman–Crippen MR) is 138 cm³/mol. The second-order valence-electron chi connectivity index (χ2n) is 10.9. The van der Waals surface area contributed by atoms with Crippen molar-refractivity contribution < 1.29 is 32.2 Å². The van der Waals surface area contributed by atoms with Crippen molar-refractivity contribution in [1.29, 1.82) is 0 Å². The molecule has 2 amide bonds. The second-order valence-corrected chi connectivity index (χ2v) is 12.8. The minimum atomic E-state index is -3.72. The van der Waals surface area contributed by atoms with Crippen LogP contribution in [0.5, 0.6) is 5.75 Å².